The predicted octanol–water partition coefficient (Wildman–Crippen LogP) is 3.19. The zero-order chi connectivity index (χ0) is 13.1. The van der Waals surface area contributed by atoms with Gasteiger partial charge in [0.15, 0.2) is 0 Å². The molecule has 0 atom stereocenters. The Morgan fingerprint density at radius 2 is 1.26 bits per heavy atom. The van der Waals surface area contributed by atoms with Crippen molar-refractivity contribution in [1.29, 1.82) is 0 Å². The molecule has 1 heterocycles. The van der Waals surface area contributed by atoms with Gasteiger partial charge in [0.25, 0.3) is 0 Å². The monoisotopic (exact) mass is 248 g/mol. The smallest absolute Gasteiger partial charge is 0.124 e. The number of nitrogens with two attached hydrogens (primary N) is 1. The van der Waals surface area contributed by atoms with Gasteiger partial charge in [0, 0.05) is 6.20 Å². The van der Waals surface area contributed by atoms with E-state index in [1.54, 1.807) is 5.01 Å². The van der Waals surface area contributed by atoms with Gasteiger partial charge in [0.2, 0.25) is 0 Å². The Labute approximate surface area is 113 Å². The van der Waals surface area contributed by atoms with Gasteiger partial charge in [0.05, 0.1) is 0 Å². The summed E-state index contributed by atoms with van der Waals surface area (Å²) in [7, 11) is 0. The maximum Gasteiger partial charge on any atom is 0.124 e. The summed E-state index contributed by atoms with van der Waals surface area (Å²) in [6, 6.07) is 20.6. The van der Waals surface area contributed by atoms with Gasteiger partial charge in [-0.2, -0.15) is 0 Å². The third-order valence-corrected chi connectivity index (χ3v) is 3.53. The molecule has 0 amide bonds. The van der Waals surface area contributed by atoms with Crippen molar-refractivity contribution in [3.8, 4) is 0 Å². The summed E-state index contributed by atoms with van der Waals surface area (Å²) in [6.45, 7) is 0. The summed E-state index contributed by atoms with van der Waals surface area (Å²) >= 11 is 0. The van der Waals surface area contributed by atoms with Crippen LogP contribution < -0.4 is 5.84 Å². The van der Waals surface area contributed by atoms with Gasteiger partial charge < -0.3 is 0 Å². The summed E-state index contributed by atoms with van der Waals surface area (Å²) < 4.78 is 0. The zero-order valence-corrected chi connectivity index (χ0v) is 10.6. The molecule has 0 spiro atoms. The predicted molar refractivity (Wildman–Crippen MR) is 78.0 cm³/mol. The Balaban J connectivity index is 2.23. The lowest BCUT2D eigenvalue weighted by Gasteiger charge is -2.41. The molecule has 0 saturated carbocycles. The highest BCUT2D eigenvalue weighted by Gasteiger charge is 2.36. The van der Waals surface area contributed by atoms with E-state index in [9.17, 15) is 0 Å². The van der Waals surface area contributed by atoms with E-state index in [-0.39, 0.29) is 0 Å². The Kier molecular flexibility index (Phi) is 2.94. The average Bonchev–Trinajstić information content (AvgIpc) is 2.50. The van der Waals surface area contributed by atoms with Gasteiger partial charge in [-0.25, -0.2) is 5.84 Å². The number of nitrogens with zero attached hydrogens (tertiary/aromatic N) is 1. The summed E-state index contributed by atoms with van der Waals surface area (Å²) in [5, 5.41) is 1.76. The molecule has 0 aliphatic carbocycles. The van der Waals surface area contributed by atoms with Crippen molar-refractivity contribution in [3.63, 3.8) is 0 Å². The van der Waals surface area contributed by atoms with E-state index in [1.165, 1.54) is 0 Å². The topological polar surface area (TPSA) is 29.3 Å². The fourth-order valence-electron chi connectivity index (χ4n) is 2.58. The van der Waals surface area contributed by atoms with Crippen LogP contribution in [0.15, 0.2) is 85.1 Å². The van der Waals surface area contributed by atoms with Crippen LogP contribution in [0.2, 0.25) is 0 Å². The lowest BCUT2D eigenvalue weighted by Crippen LogP contribution is -2.47. The number of allylic oxidation sites excluding steroid dienone is 2. The van der Waals surface area contributed by atoms with Crippen LogP contribution in [0.1, 0.15) is 11.1 Å². The minimum absolute atomic E-state index is 0.433. The van der Waals surface area contributed by atoms with Crippen molar-refractivity contribution in [2.45, 2.75) is 5.54 Å². The zero-order valence-electron chi connectivity index (χ0n) is 10.6. The number of hydrogen-bond acceptors (Lipinski definition) is 2. The first-order valence-electron chi connectivity index (χ1n) is 6.35. The first-order valence-corrected chi connectivity index (χ1v) is 6.35. The highest BCUT2D eigenvalue weighted by atomic mass is 15.4. The molecule has 0 fully saturated rings. The van der Waals surface area contributed by atoms with Crippen LogP contribution in [-0.4, -0.2) is 5.01 Å². The van der Waals surface area contributed by atoms with Gasteiger partial charge in [-0.3, -0.25) is 5.01 Å². The molecule has 94 valence electrons. The second-order valence-corrected chi connectivity index (χ2v) is 4.61. The number of hydrazine groups is 1. The molecule has 0 saturated heterocycles. The number of benzene rings is 2. The number of hydrogen-bond donors (Lipinski definition) is 1. The molecule has 2 heteroatoms. The standard InChI is InChI=1S/C17H16N2/c18-19-14-8-7-13-17(19,15-9-3-1-4-10-15)16-11-5-2-6-12-16/h1-14H,18H2. The molecule has 2 aromatic carbocycles. The molecule has 0 bridgehead atoms. The highest BCUT2D eigenvalue weighted by molar-refractivity contribution is 5.45. The number of rotatable bonds is 2. The molecule has 1 aliphatic rings. The molecule has 2 nitrogen and oxygen atoms in total. The molecule has 2 aromatic rings. The molecule has 3 rings (SSSR count). The third-order valence-electron chi connectivity index (χ3n) is 3.53. The molecular weight excluding hydrogens is 232 g/mol. The average molecular weight is 248 g/mol. The van der Waals surface area contributed by atoms with Gasteiger partial charge in [-0.1, -0.05) is 66.7 Å². The summed E-state index contributed by atoms with van der Waals surface area (Å²) in [5.41, 5.74) is 1.88. The molecule has 19 heavy (non-hydrogen) atoms. The maximum absolute atomic E-state index is 6.27. The first kappa shape index (κ1) is 11.8. The quantitative estimate of drug-likeness (QED) is 0.827. The highest BCUT2D eigenvalue weighted by Crippen LogP contribution is 2.37. The summed E-state index contributed by atoms with van der Waals surface area (Å²) in [5.74, 6) is 6.27. The van der Waals surface area contributed by atoms with E-state index in [4.69, 9.17) is 5.84 Å². The van der Waals surface area contributed by atoms with Crippen LogP contribution in [-0.2, 0) is 5.54 Å². The fourth-order valence-corrected chi connectivity index (χ4v) is 2.58. The largest absolute Gasteiger partial charge is 0.299 e. The van der Waals surface area contributed by atoms with Crippen molar-refractivity contribution in [2.75, 3.05) is 0 Å². The molecule has 0 radical (unpaired) electrons. The van der Waals surface area contributed by atoms with E-state index in [0.717, 1.165) is 11.1 Å². The molecule has 1 aliphatic heterocycles. The van der Waals surface area contributed by atoms with Crippen LogP contribution in [0.5, 0.6) is 0 Å². The molecular formula is C17H16N2. The van der Waals surface area contributed by atoms with Gasteiger partial charge in [-0.05, 0) is 23.3 Å². The normalized spacial score (nSPS) is 16.6. The fraction of sp³-hybridized carbons (Fsp3) is 0.0588. The molecule has 2 N–H and O–H groups in total. The summed E-state index contributed by atoms with van der Waals surface area (Å²) in [6.07, 6.45) is 8.03. The first-order chi connectivity index (χ1) is 9.34. The van der Waals surface area contributed by atoms with Crippen molar-refractivity contribution < 1.29 is 0 Å². The van der Waals surface area contributed by atoms with E-state index in [0.29, 0.717) is 0 Å². The maximum atomic E-state index is 6.27. The van der Waals surface area contributed by atoms with E-state index < -0.39 is 5.54 Å². The van der Waals surface area contributed by atoms with Crippen LogP contribution in [0.3, 0.4) is 0 Å². The second kappa shape index (κ2) is 4.75. The van der Waals surface area contributed by atoms with Crippen molar-refractivity contribution in [2.24, 2.45) is 5.84 Å². The van der Waals surface area contributed by atoms with Crippen molar-refractivity contribution >= 4 is 0 Å². The van der Waals surface area contributed by atoms with Gasteiger partial charge in [-0.15, -0.1) is 0 Å². The van der Waals surface area contributed by atoms with E-state index in [2.05, 4.69) is 30.3 Å². The minimum Gasteiger partial charge on any atom is -0.299 e. The van der Waals surface area contributed by atoms with Gasteiger partial charge in [0.1, 0.15) is 5.54 Å². The SMILES string of the molecule is NN1C=CC=CC1(c1ccccc1)c1ccccc1. The Hall–Kier alpha value is -2.32. The van der Waals surface area contributed by atoms with E-state index in [1.807, 2.05) is 54.8 Å². The Morgan fingerprint density at radius 3 is 1.74 bits per heavy atom. The van der Waals surface area contributed by atoms with Crippen LogP contribution in [0.4, 0.5) is 0 Å². The Morgan fingerprint density at radius 1 is 0.737 bits per heavy atom. The van der Waals surface area contributed by atoms with Crippen LogP contribution in [0, 0.1) is 0 Å². The second-order valence-electron chi connectivity index (χ2n) is 4.61. The van der Waals surface area contributed by atoms with Crippen molar-refractivity contribution in [3.05, 3.63) is 96.2 Å². The van der Waals surface area contributed by atoms with E-state index >= 15 is 0 Å². The molecule has 0 aromatic heterocycles. The van der Waals surface area contributed by atoms with Crippen LogP contribution in [0.25, 0.3) is 0 Å². The molecule has 0 unspecified atom stereocenters. The van der Waals surface area contributed by atoms with Crippen LogP contribution >= 0.6 is 0 Å². The lowest BCUT2D eigenvalue weighted by atomic mass is 9.81. The Bertz CT molecular complexity index is 560. The summed E-state index contributed by atoms with van der Waals surface area (Å²) in [4.78, 5) is 0. The van der Waals surface area contributed by atoms with Gasteiger partial charge >= 0.3 is 0 Å². The third kappa shape index (κ3) is 1.86. The minimum atomic E-state index is -0.433. The van der Waals surface area contributed by atoms with Crippen molar-refractivity contribution in [1.82, 2.24) is 5.01 Å². The lowest BCUT2D eigenvalue weighted by molar-refractivity contribution is 0.243.